The van der Waals surface area contributed by atoms with Crippen molar-refractivity contribution in [3.63, 3.8) is 0 Å². The number of nitrogens with zero attached hydrogens (tertiary/aromatic N) is 3. The van der Waals surface area contributed by atoms with E-state index in [4.69, 9.17) is 16.3 Å². The van der Waals surface area contributed by atoms with Gasteiger partial charge >= 0.3 is 5.97 Å². The first kappa shape index (κ1) is 22.1. The normalized spacial score (nSPS) is 12.6. The van der Waals surface area contributed by atoms with Crippen molar-refractivity contribution in [1.82, 2.24) is 14.0 Å². The second-order valence-corrected chi connectivity index (χ2v) is 8.86. The molecule has 164 valence electrons. The van der Waals surface area contributed by atoms with E-state index in [-0.39, 0.29) is 38.5 Å². The Hall–Kier alpha value is -3.08. The smallest absolute Gasteiger partial charge is 0.333 e. The Morgan fingerprint density at radius 2 is 2.16 bits per heavy atom. The predicted molar refractivity (Wildman–Crippen MR) is 122 cm³/mol. The minimum absolute atomic E-state index is 0.0525. The quantitative estimate of drug-likeness (QED) is 0.399. The Bertz CT molecular complexity index is 1550. The molecule has 0 amide bonds. The van der Waals surface area contributed by atoms with Crippen LogP contribution in [0, 0.1) is 5.82 Å². The molecular formula is C21H15ClFN3O4S2. The molecule has 4 aromatic rings. The number of aromatic nitrogens is 3. The Labute approximate surface area is 192 Å². The molecule has 3 heterocycles. The minimum atomic E-state index is -0.625. The SMILES string of the molecule is CCOC(=O)C=c1sc(=Cc2c(F)cccc2Cl)c(=O)n1Cc1cc(=O)n2ccsc2n1. The summed E-state index contributed by atoms with van der Waals surface area (Å²) < 4.78 is 22.4. The van der Waals surface area contributed by atoms with Gasteiger partial charge in [0.05, 0.1) is 34.5 Å². The Balaban J connectivity index is 1.90. The number of carbonyl (C=O) groups is 1. The summed E-state index contributed by atoms with van der Waals surface area (Å²) in [5, 5.41) is 1.88. The van der Waals surface area contributed by atoms with Crippen LogP contribution in [0.2, 0.25) is 5.02 Å². The van der Waals surface area contributed by atoms with Gasteiger partial charge in [0.15, 0.2) is 4.96 Å². The van der Waals surface area contributed by atoms with E-state index < -0.39 is 17.3 Å². The van der Waals surface area contributed by atoms with E-state index in [1.165, 1.54) is 56.7 Å². The molecule has 0 saturated heterocycles. The van der Waals surface area contributed by atoms with Crippen LogP contribution in [0.4, 0.5) is 4.39 Å². The van der Waals surface area contributed by atoms with Crippen LogP contribution in [0.1, 0.15) is 18.2 Å². The van der Waals surface area contributed by atoms with Gasteiger partial charge < -0.3 is 4.74 Å². The van der Waals surface area contributed by atoms with Crippen LogP contribution in [0.25, 0.3) is 17.1 Å². The zero-order chi connectivity index (χ0) is 22.8. The molecule has 0 fully saturated rings. The van der Waals surface area contributed by atoms with Crippen molar-refractivity contribution >= 4 is 57.4 Å². The van der Waals surface area contributed by atoms with Gasteiger partial charge in [0.25, 0.3) is 11.1 Å². The highest BCUT2D eigenvalue weighted by molar-refractivity contribution is 7.15. The van der Waals surface area contributed by atoms with Crippen molar-refractivity contribution in [3.05, 3.63) is 87.8 Å². The number of thiazole rings is 2. The highest BCUT2D eigenvalue weighted by Crippen LogP contribution is 2.19. The van der Waals surface area contributed by atoms with Crippen molar-refractivity contribution in [2.24, 2.45) is 0 Å². The van der Waals surface area contributed by atoms with Crippen molar-refractivity contribution < 1.29 is 13.9 Å². The molecule has 0 unspecified atom stereocenters. The topological polar surface area (TPSA) is 82.7 Å². The van der Waals surface area contributed by atoms with Crippen LogP contribution in [0.5, 0.6) is 0 Å². The van der Waals surface area contributed by atoms with Crippen LogP contribution in [-0.2, 0) is 16.1 Å². The summed E-state index contributed by atoms with van der Waals surface area (Å²) in [5.74, 6) is -1.20. The van der Waals surface area contributed by atoms with E-state index in [1.807, 2.05) is 0 Å². The monoisotopic (exact) mass is 491 g/mol. The highest BCUT2D eigenvalue weighted by atomic mass is 35.5. The first-order valence-electron chi connectivity index (χ1n) is 9.37. The zero-order valence-electron chi connectivity index (χ0n) is 16.6. The lowest BCUT2D eigenvalue weighted by Crippen LogP contribution is -2.33. The summed E-state index contributed by atoms with van der Waals surface area (Å²) in [6.07, 6.45) is 4.14. The fourth-order valence-electron chi connectivity index (χ4n) is 2.99. The molecule has 11 heteroatoms. The third-order valence-electron chi connectivity index (χ3n) is 4.42. The standard InChI is InChI=1S/C21H15ClFN3O4S2/c1-2-30-19(28)10-18-26(11-12-8-17(27)25-6-7-31-21(25)24-12)20(29)16(32-18)9-13-14(22)4-3-5-15(13)23/h3-10H,2,11H2,1H3. The Morgan fingerprint density at radius 3 is 2.91 bits per heavy atom. The third kappa shape index (κ3) is 4.43. The van der Waals surface area contributed by atoms with Gasteiger partial charge in [0.2, 0.25) is 0 Å². The second kappa shape index (κ2) is 9.19. The minimum Gasteiger partial charge on any atom is -0.463 e. The molecular weight excluding hydrogens is 477 g/mol. The number of hydrogen-bond donors (Lipinski definition) is 0. The molecule has 0 N–H and O–H groups in total. The molecule has 0 spiro atoms. The third-order valence-corrected chi connectivity index (χ3v) is 6.56. The number of ether oxygens (including phenoxy) is 1. The van der Waals surface area contributed by atoms with E-state index in [0.717, 1.165) is 11.3 Å². The van der Waals surface area contributed by atoms with Gasteiger partial charge in [0.1, 0.15) is 10.5 Å². The Kier molecular flexibility index (Phi) is 6.35. The zero-order valence-corrected chi connectivity index (χ0v) is 19.0. The summed E-state index contributed by atoms with van der Waals surface area (Å²) in [5.41, 5.74) is -0.335. The molecule has 0 atom stereocenters. The Morgan fingerprint density at radius 1 is 1.34 bits per heavy atom. The molecule has 32 heavy (non-hydrogen) atoms. The van der Waals surface area contributed by atoms with Gasteiger partial charge in [-0.2, -0.15) is 0 Å². The summed E-state index contributed by atoms with van der Waals surface area (Å²) in [6.45, 7) is 1.78. The molecule has 0 bridgehead atoms. The lowest BCUT2D eigenvalue weighted by atomic mass is 10.2. The van der Waals surface area contributed by atoms with Crippen LogP contribution in [0.3, 0.4) is 0 Å². The number of hydrogen-bond acceptors (Lipinski definition) is 7. The lowest BCUT2D eigenvalue weighted by molar-refractivity contribution is -0.135. The lowest BCUT2D eigenvalue weighted by Gasteiger charge is -2.03. The molecule has 4 rings (SSSR count). The largest absolute Gasteiger partial charge is 0.463 e. The molecule has 0 radical (unpaired) electrons. The maximum absolute atomic E-state index is 14.2. The van der Waals surface area contributed by atoms with Gasteiger partial charge in [-0.05, 0) is 25.1 Å². The van der Waals surface area contributed by atoms with E-state index in [0.29, 0.717) is 10.7 Å². The predicted octanol–water partition coefficient (Wildman–Crippen LogP) is 1.99. The summed E-state index contributed by atoms with van der Waals surface area (Å²) in [6, 6.07) is 5.55. The van der Waals surface area contributed by atoms with Crippen LogP contribution >= 0.6 is 34.3 Å². The number of carbonyl (C=O) groups excluding carboxylic acids is 1. The molecule has 7 nitrogen and oxygen atoms in total. The second-order valence-electron chi connectivity index (χ2n) is 6.51. The molecule has 1 aromatic carbocycles. The number of benzene rings is 1. The van der Waals surface area contributed by atoms with Crippen molar-refractivity contribution in [1.29, 1.82) is 0 Å². The molecule has 0 aliphatic rings. The van der Waals surface area contributed by atoms with E-state index in [9.17, 15) is 18.8 Å². The van der Waals surface area contributed by atoms with E-state index >= 15 is 0 Å². The number of fused-ring (bicyclic) bond motifs is 1. The van der Waals surface area contributed by atoms with Gasteiger partial charge in [-0.25, -0.2) is 14.2 Å². The fourth-order valence-corrected chi connectivity index (χ4v) is 4.96. The van der Waals surface area contributed by atoms with Gasteiger partial charge in [-0.15, -0.1) is 22.7 Å². The highest BCUT2D eigenvalue weighted by Gasteiger charge is 2.12. The molecule has 0 saturated carbocycles. The van der Waals surface area contributed by atoms with Gasteiger partial charge in [-0.1, -0.05) is 17.7 Å². The van der Waals surface area contributed by atoms with Crippen molar-refractivity contribution in [2.45, 2.75) is 13.5 Å². The van der Waals surface area contributed by atoms with Crippen LogP contribution < -0.4 is 20.3 Å². The van der Waals surface area contributed by atoms with Crippen LogP contribution in [0.15, 0.2) is 45.4 Å². The number of rotatable bonds is 5. The average Bonchev–Trinajstić information content (AvgIpc) is 3.32. The van der Waals surface area contributed by atoms with Crippen LogP contribution in [-0.4, -0.2) is 26.5 Å². The van der Waals surface area contributed by atoms with Gasteiger partial charge in [0, 0.05) is 23.2 Å². The number of halogens is 2. The van der Waals surface area contributed by atoms with E-state index in [2.05, 4.69) is 4.98 Å². The summed E-state index contributed by atoms with van der Waals surface area (Å²) in [7, 11) is 0. The summed E-state index contributed by atoms with van der Waals surface area (Å²) >= 11 is 8.36. The maximum Gasteiger partial charge on any atom is 0.333 e. The molecule has 3 aromatic heterocycles. The maximum atomic E-state index is 14.2. The van der Waals surface area contributed by atoms with Gasteiger partial charge in [-0.3, -0.25) is 18.6 Å². The molecule has 0 aliphatic carbocycles. The number of esters is 1. The van der Waals surface area contributed by atoms with Crippen molar-refractivity contribution in [3.8, 4) is 0 Å². The first-order chi connectivity index (χ1) is 15.4. The molecule has 0 aliphatic heterocycles. The first-order valence-corrected chi connectivity index (χ1v) is 11.4. The van der Waals surface area contributed by atoms with E-state index in [1.54, 1.807) is 18.5 Å². The fraction of sp³-hybridized carbons (Fsp3) is 0.143. The summed E-state index contributed by atoms with van der Waals surface area (Å²) in [4.78, 5) is 42.4. The average molecular weight is 492 g/mol. The van der Waals surface area contributed by atoms with Crippen molar-refractivity contribution in [2.75, 3.05) is 6.61 Å².